The maximum Gasteiger partial charge on any atom is 0.174 e. The second kappa shape index (κ2) is 17.6. The number of rotatable bonds is 14. The van der Waals surface area contributed by atoms with Crippen molar-refractivity contribution in [3.05, 3.63) is 130 Å². The van der Waals surface area contributed by atoms with Crippen molar-refractivity contribution in [2.75, 3.05) is 26.3 Å². The number of nitrogens with zero attached hydrogens (tertiary/aromatic N) is 6. The Balaban J connectivity index is 1.14. The average Bonchev–Trinajstić information content (AvgIpc) is 3.95. The minimum Gasteiger partial charge on any atom is -0.491 e. The van der Waals surface area contributed by atoms with E-state index in [-0.39, 0.29) is 31.1 Å². The Labute approximate surface area is 324 Å². The molecule has 4 aromatic heterocycles. The van der Waals surface area contributed by atoms with Crippen LogP contribution in [-0.4, -0.2) is 73.9 Å². The highest BCUT2D eigenvalue weighted by atomic mass is 32.1. The van der Waals surface area contributed by atoms with Crippen molar-refractivity contribution in [3.8, 4) is 34.0 Å². The Morgan fingerprint density at radius 2 is 1.09 bits per heavy atom. The van der Waals surface area contributed by atoms with Crippen LogP contribution in [0.25, 0.3) is 22.5 Å². The summed E-state index contributed by atoms with van der Waals surface area (Å²) >= 11 is 3.32. The first-order valence-electron chi connectivity index (χ1n) is 18.8. The molecule has 54 heavy (non-hydrogen) atoms. The normalized spacial score (nSPS) is 19.2. The Hall–Kier alpha value is -4.81. The molecule has 2 aromatic carbocycles. The lowest BCUT2D eigenvalue weighted by Crippen LogP contribution is -2.58. The summed E-state index contributed by atoms with van der Waals surface area (Å²) in [4.78, 5) is 39.3. The summed E-state index contributed by atoms with van der Waals surface area (Å²) < 4.78 is 13.0. The molecule has 6 aromatic rings. The molecular formula is C43H44N6O3S2. The largest absolute Gasteiger partial charge is 0.491 e. The van der Waals surface area contributed by atoms with E-state index in [0.29, 0.717) is 0 Å². The molecule has 0 radical (unpaired) electrons. The first kappa shape index (κ1) is 36.2. The van der Waals surface area contributed by atoms with E-state index in [4.69, 9.17) is 19.4 Å². The molecule has 8 rings (SSSR count). The average molecular weight is 757 g/mol. The van der Waals surface area contributed by atoms with Gasteiger partial charge in [-0.15, -0.1) is 22.7 Å². The number of carbonyl (C=O) groups is 1. The van der Waals surface area contributed by atoms with Crippen molar-refractivity contribution in [1.82, 2.24) is 29.7 Å². The van der Waals surface area contributed by atoms with Crippen LogP contribution in [0.15, 0.2) is 120 Å². The quantitative estimate of drug-likeness (QED) is 0.108. The molecule has 0 bridgehead atoms. The fraction of sp³-hybridized carbons (Fsp3) is 0.326. The Kier molecular flexibility index (Phi) is 11.8. The van der Waals surface area contributed by atoms with Gasteiger partial charge < -0.3 is 9.47 Å². The molecule has 2 aliphatic heterocycles. The second-order valence-electron chi connectivity index (χ2n) is 13.8. The van der Waals surface area contributed by atoms with Gasteiger partial charge in [0, 0.05) is 46.7 Å². The van der Waals surface area contributed by atoms with E-state index in [2.05, 4.69) is 30.5 Å². The number of ketones is 1. The Bertz CT molecular complexity index is 1920. The predicted octanol–water partition coefficient (Wildman–Crippen LogP) is 8.94. The smallest absolute Gasteiger partial charge is 0.174 e. The van der Waals surface area contributed by atoms with Gasteiger partial charge in [0.2, 0.25) is 0 Å². The second-order valence-corrected chi connectivity index (χ2v) is 15.6. The van der Waals surface area contributed by atoms with E-state index in [9.17, 15) is 0 Å². The molecule has 0 amide bonds. The fourth-order valence-corrected chi connectivity index (χ4v) is 9.61. The molecule has 11 heteroatoms. The summed E-state index contributed by atoms with van der Waals surface area (Å²) in [5.74, 6) is 1.60. The number of ether oxygens (including phenoxy) is 2. The lowest BCUT2D eigenvalue weighted by Gasteiger charge is -2.44. The lowest BCUT2D eigenvalue weighted by atomic mass is 9.93. The number of carbonyl (C=O) groups excluding carboxylic acids is 1. The number of likely N-dealkylation sites (tertiary alicyclic amines) is 2. The SMILES string of the molecule is O=C(C(COc1ccccc1)N1CCCC[C@@H]1c1nc(-c2cccnc2)cs1)C(COc1ccccc1)N1CCCC[C@@H]1c1nc(-c2cccnc2)cs1. The molecule has 2 aliphatic rings. The predicted molar refractivity (Wildman–Crippen MR) is 214 cm³/mol. The topological polar surface area (TPSA) is 93.6 Å². The third-order valence-corrected chi connectivity index (χ3v) is 12.3. The number of aromatic nitrogens is 4. The van der Waals surface area contributed by atoms with Crippen LogP contribution in [0.3, 0.4) is 0 Å². The first-order valence-corrected chi connectivity index (χ1v) is 20.6. The van der Waals surface area contributed by atoms with Crippen molar-refractivity contribution in [3.63, 3.8) is 0 Å². The van der Waals surface area contributed by atoms with Crippen LogP contribution in [0.2, 0.25) is 0 Å². The number of piperidine rings is 2. The highest BCUT2D eigenvalue weighted by Crippen LogP contribution is 2.39. The van der Waals surface area contributed by atoms with Crippen LogP contribution in [0.4, 0.5) is 0 Å². The number of thiazole rings is 2. The maximum absolute atomic E-state index is 15.6. The zero-order valence-electron chi connectivity index (χ0n) is 30.2. The van der Waals surface area contributed by atoms with Crippen LogP contribution in [0, 0.1) is 0 Å². The molecule has 0 aliphatic carbocycles. The van der Waals surface area contributed by atoms with Crippen LogP contribution in [0.1, 0.15) is 60.6 Å². The third kappa shape index (κ3) is 8.44. The van der Waals surface area contributed by atoms with Gasteiger partial charge in [-0.2, -0.15) is 0 Å². The number of benzene rings is 2. The molecule has 2 unspecified atom stereocenters. The van der Waals surface area contributed by atoms with Gasteiger partial charge in [-0.25, -0.2) is 9.97 Å². The lowest BCUT2D eigenvalue weighted by molar-refractivity contribution is -0.136. The summed E-state index contributed by atoms with van der Waals surface area (Å²) in [6, 6.07) is 26.5. The molecule has 276 valence electrons. The summed E-state index contributed by atoms with van der Waals surface area (Å²) in [5.41, 5.74) is 3.81. The summed E-state index contributed by atoms with van der Waals surface area (Å²) in [6.07, 6.45) is 13.2. The zero-order chi connectivity index (χ0) is 36.5. The van der Waals surface area contributed by atoms with Crippen LogP contribution < -0.4 is 9.47 Å². The first-order chi connectivity index (χ1) is 26.7. The number of para-hydroxylation sites is 2. The van der Waals surface area contributed by atoms with E-state index in [0.717, 1.165) is 95.6 Å². The number of Topliss-reactive ketones (excluding diaryl/α,β-unsaturated/α-hetero) is 1. The van der Waals surface area contributed by atoms with Crippen LogP contribution in [0.5, 0.6) is 11.5 Å². The van der Waals surface area contributed by atoms with E-state index in [1.165, 1.54) is 0 Å². The van der Waals surface area contributed by atoms with Crippen LogP contribution in [-0.2, 0) is 4.79 Å². The minimum atomic E-state index is -0.532. The van der Waals surface area contributed by atoms with Gasteiger partial charge in [-0.05, 0) is 87.3 Å². The molecule has 0 spiro atoms. The Morgan fingerprint density at radius 3 is 1.52 bits per heavy atom. The monoisotopic (exact) mass is 756 g/mol. The highest BCUT2D eigenvalue weighted by Gasteiger charge is 2.43. The number of hydrogen-bond acceptors (Lipinski definition) is 11. The summed E-state index contributed by atoms with van der Waals surface area (Å²) in [5, 5.41) is 6.26. The zero-order valence-corrected chi connectivity index (χ0v) is 31.8. The van der Waals surface area contributed by atoms with Gasteiger partial charge in [-0.3, -0.25) is 24.6 Å². The van der Waals surface area contributed by atoms with E-state index >= 15 is 4.79 Å². The van der Waals surface area contributed by atoms with E-state index < -0.39 is 12.1 Å². The third-order valence-electron chi connectivity index (χ3n) is 10.4. The standard InChI is InChI=1S/C43H44N6O3S2/c50-41(39(27-51-33-15-3-1-4-16-33)48-23-9-7-19-37(48)42-46-35(29-53-42)31-13-11-21-44-25-31)40(28-52-34-17-5-2-6-18-34)49-24-10-8-20-38(49)43-47-36(30-54-43)32-14-12-22-45-26-32/h1-6,11-18,21-22,25-26,29-30,37-40H,7-10,19-20,23-24,27-28H2/t37-,38-,39?,40?/m1/s1. The van der Waals surface area contributed by atoms with Crippen molar-refractivity contribution in [2.24, 2.45) is 0 Å². The molecule has 6 heterocycles. The van der Waals surface area contributed by atoms with Crippen molar-refractivity contribution >= 4 is 28.5 Å². The van der Waals surface area contributed by atoms with Crippen LogP contribution >= 0.6 is 22.7 Å². The molecule has 0 N–H and O–H groups in total. The minimum absolute atomic E-state index is 0.0173. The van der Waals surface area contributed by atoms with Gasteiger partial charge in [0.1, 0.15) is 46.8 Å². The summed E-state index contributed by atoms with van der Waals surface area (Å²) in [6.45, 7) is 2.00. The van der Waals surface area contributed by atoms with Crippen molar-refractivity contribution in [2.45, 2.75) is 62.7 Å². The summed E-state index contributed by atoms with van der Waals surface area (Å²) in [7, 11) is 0. The fourth-order valence-electron chi connectivity index (χ4n) is 7.65. The van der Waals surface area contributed by atoms with Gasteiger partial charge >= 0.3 is 0 Å². The van der Waals surface area contributed by atoms with E-state index in [1.54, 1.807) is 35.1 Å². The molecule has 4 atom stereocenters. The van der Waals surface area contributed by atoms with Gasteiger partial charge in [0.25, 0.3) is 0 Å². The van der Waals surface area contributed by atoms with Crippen molar-refractivity contribution in [1.29, 1.82) is 0 Å². The molecule has 9 nitrogen and oxygen atoms in total. The number of pyridine rings is 2. The maximum atomic E-state index is 15.6. The molecule has 2 saturated heterocycles. The van der Waals surface area contributed by atoms with E-state index in [1.807, 2.05) is 97.3 Å². The Morgan fingerprint density at radius 1 is 0.630 bits per heavy atom. The van der Waals surface area contributed by atoms with Gasteiger partial charge in [0.15, 0.2) is 5.78 Å². The van der Waals surface area contributed by atoms with Gasteiger partial charge in [0.05, 0.1) is 23.5 Å². The molecular weight excluding hydrogens is 713 g/mol. The van der Waals surface area contributed by atoms with Crippen molar-refractivity contribution < 1.29 is 14.3 Å². The highest BCUT2D eigenvalue weighted by molar-refractivity contribution is 7.10. The molecule has 2 fully saturated rings. The van der Waals surface area contributed by atoms with Gasteiger partial charge in [-0.1, -0.05) is 49.2 Å². The number of hydrogen-bond donors (Lipinski definition) is 0. The molecule has 0 saturated carbocycles.